The summed E-state index contributed by atoms with van der Waals surface area (Å²) < 4.78 is 0. The fraction of sp³-hybridized carbons (Fsp3) is 0.600. The second-order valence-electron chi connectivity index (χ2n) is 6.29. The first-order chi connectivity index (χ1) is 11.2. The molecule has 2 aliphatic rings. The highest BCUT2D eigenvalue weighted by Crippen LogP contribution is 2.36. The number of rotatable bonds is 3. The summed E-state index contributed by atoms with van der Waals surface area (Å²) in [5, 5.41) is 15.5. The molecule has 0 saturated carbocycles. The van der Waals surface area contributed by atoms with Crippen LogP contribution in [0.3, 0.4) is 0 Å². The molecule has 2 aromatic rings. The molecule has 122 valence electrons. The summed E-state index contributed by atoms with van der Waals surface area (Å²) in [7, 11) is 0. The van der Waals surface area contributed by atoms with E-state index in [4.69, 9.17) is 0 Å². The summed E-state index contributed by atoms with van der Waals surface area (Å²) in [6.45, 7) is 3.06. The van der Waals surface area contributed by atoms with Crippen molar-refractivity contribution >= 4 is 32.4 Å². The summed E-state index contributed by atoms with van der Waals surface area (Å²) in [6, 6.07) is 2.28. The van der Waals surface area contributed by atoms with Gasteiger partial charge in [-0.1, -0.05) is 0 Å². The lowest BCUT2D eigenvalue weighted by molar-refractivity contribution is -0.380. The number of fused-ring (bicyclic) bond motifs is 1. The van der Waals surface area contributed by atoms with Crippen molar-refractivity contribution < 1.29 is 4.92 Å². The molecule has 1 unspecified atom stereocenters. The van der Waals surface area contributed by atoms with Gasteiger partial charge in [0.25, 0.3) is 0 Å². The molecular weight excluding hydrogens is 314 g/mol. The third-order valence-corrected chi connectivity index (χ3v) is 5.98. The molecular formula is C15H19N5O2S. The van der Waals surface area contributed by atoms with Gasteiger partial charge in [-0.2, -0.15) is 0 Å². The fourth-order valence-electron chi connectivity index (χ4n) is 3.80. The number of aromatic nitrogens is 2. The van der Waals surface area contributed by atoms with Gasteiger partial charge in [0.15, 0.2) is 0 Å². The molecule has 1 atom stereocenters. The molecule has 7 nitrogen and oxygen atoms in total. The largest absolute Gasteiger partial charge is 0.356 e. The van der Waals surface area contributed by atoms with Crippen molar-refractivity contribution in [2.75, 3.05) is 24.5 Å². The lowest BCUT2D eigenvalue weighted by atomic mass is 9.88. The third-order valence-electron chi connectivity index (χ3n) is 4.98. The molecule has 1 N–H and O–H groups in total. The van der Waals surface area contributed by atoms with Gasteiger partial charge in [-0.3, -0.25) is 10.1 Å². The van der Waals surface area contributed by atoms with Gasteiger partial charge >= 0.3 is 5.00 Å². The Hall–Kier alpha value is -1.80. The number of piperidine rings is 1. The van der Waals surface area contributed by atoms with E-state index in [1.165, 1.54) is 19.2 Å². The molecule has 2 aliphatic heterocycles. The standard InChI is InChI=1S/C15H19N5O2S/c21-20(22)13-8-11-14(17-9-18-15(11)23-13)19-6-3-10(4-7-19)12-2-1-5-16-12/h8-10,12,16H,1-7H2. The summed E-state index contributed by atoms with van der Waals surface area (Å²) in [5.41, 5.74) is 0. The Balaban J connectivity index is 1.54. The zero-order valence-electron chi connectivity index (χ0n) is 12.8. The number of thiophene rings is 1. The molecule has 2 aromatic heterocycles. The van der Waals surface area contributed by atoms with Crippen molar-refractivity contribution in [3.8, 4) is 0 Å². The monoisotopic (exact) mass is 333 g/mol. The topological polar surface area (TPSA) is 84.2 Å². The Kier molecular flexibility index (Phi) is 3.86. The molecule has 0 spiro atoms. The van der Waals surface area contributed by atoms with Gasteiger partial charge in [0.1, 0.15) is 17.0 Å². The molecule has 0 amide bonds. The van der Waals surface area contributed by atoms with Crippen LogP contribution in [-0.4, -0.2) is 40.6 Å². The Morgan fingerprint density at radius 1 is 1.30 bits per heavy atom. The van der Waals surface area contributed by atoms with Crippen LogP contribution >= 0.6 is 11.3 Å². The molecule has 0 radical (unpaired) electrons. The molecule has 4 rings (SSSR count). The van der Waals surface area contributed by atoms with Gasteiger partial charge in [-0.05, 0) is 49.5 Å². The lowest BCUT2D eigenvalue weighted by Crippen LogP contribution is -2.41. The van der Waals surface area contributed by atoms with Crippen molar-refractivity contribution in [2.24, 2.45) is 5.92 Å². The average molecular weight is 333 g/mol. The number of nitrogens with zero attached hydrogens (tertiary/aromatic N) is 4. The Morgan fingerprint density at radius 3 is 2.83 bits per heavy atom. The molecule has 8 heteroatoms. The van der Waals surface area contributed by atoms with E-state index in [0.717, 1.165) is 60.9 Å². The van der Waals surface area contributed by atoms with Crippen LogP contribution in [0.2, 0.25) is 0 Å². The van der Waals surface area contributed by atoms with E-state index < -0.39 is 0 Å². The molecule has 4 heterocycles. The normalized spacial score (nSPS) is 22.8. The van der Waals surface area contributed by atoms with Crippen molar-refractivity contribution in [1.29, 1.82) is 0 Å². The quantitative estimate of drug-likeness (QED) is 0.686. The minimum Gasteiger partial charge on any atom is -0.356 e. The third kappa shape index (κ3) is 2.76. The van der Waals surface area contributed by atoms with E-state index in [-0.39, 0.29) is 9.92 Å². The van der Waals surface area contributed by atoms with Crippen LogP contribution in [0.25, 0.3) is 10.2 Å². The van der Waals surface area contributed by atoms with Gasteiger partial charge in [-0.15, -0.1) is 0 Å². The average Bonchev–Trinajstić information content (AvgIpc) is 3.24. The Labute approximate surface area is 137 Å². The highest BCUT2D eigenvalue weighted by Gasteiger charge is 2.29. The molecule has 23 heavy (non-hydrogen) atoms. The summed E-state index contributed by atoms with van der Waals surface area (Å²) >= 11 is 1.12. The first kappa shape index (κ1) is 14.8. The zero-order valence-corrected chi connectivity index (χ0v) is 13.6. The van der Waals surface area contributed by atoms with E-state index in [1.807, 2.05) is 0 Å². The van der Waals surface area contributed by atoms with Crippen LogP contribution in [0.4, 0.5) is 10.8 Å². The van der Waals surface area contributed by atoms with Crippen LogP contribution in [0.5, 0.6) is 0 Å². The van der Waals surface area contributed by atoms with Crippen molar-refractivity contribution in [3.63, 3.8) is 0 Å². The SMILES string of the molecule is O=[N+]([O-])c1cc2c(N3CCC(C4CCCN4)CC3)ncnc2s1. The summed E-state index contributed by atoms with van der Waals surface area (Å²) in [5.74, 6) is 1.58. The van der Waals surface area contributed by atoms with Crippen molar-refractivity contribution in [1.82, 2.24) is 15.3 Å². The smallest absolute Gasteiger partial charge is 0.326 e. The van der Waals surface area contributed by atoms with Crippen molar-refractivity contribution in [2.45, 2.75) is 31.7 Å². The lowest BCUT2D eigenvalue weighted by Gasteiger charge is -2.35. The maximum atomic E-state index is 11.0. The first-order valence-corrected chi connectivity index (χ1v) is 8.91. The van der Waals surface area contributed by atoms with Crippen LogP contribution < -0.4 is 10.2 Å². The predicted molar refractivity (Wildman–Crippen MR) is 90.0 cm³/mol. The molecule has 2 fully saturated rings. The van der Waals surface area contributed by atoms with E-state index >= 15 is 0 Å². The van der Waals surface area contributed by atoms with E-state index in [1.54, 1.807) is 6.07 Å². The number of hydrogen-bond donors (Lipinski definition) is 1. The summed E-state index contributed by atoms with van der Waals surface area (Å²) in [6.07, 6.45) is 6.39. The van der Waals surface area contributed by atoms with Gasteiger partial charge in [0.2, 0.25) is 0 Å². The maximum Gasteiger partial charge on any atom is 0.326 e. The maximum absolute atomic E-state index is 11.0. The number of nitrogens with one attached hydrogen (secondary N) is 1. The molecule has 2 saturated heterocycles. The second kappa shape index (κ2) is 6.01. The minimum atomic E-state index is -0.353. The van der Waals surface area contributed by atoms with Crippen molar-refractivity contribution in [3.05, 3.63) is 22.5 Å². The van der Waals surface area contributed by atoms with E-state index in [0.29, 0.717) is 10.9 Å². The molecule has 0 aliphatic carbocycles. The Morgan fingerprint density at radius 2 is 2.13 bits per heavy atom. The highest BCUT2D eigenvalue weighted by molar-refractivity contribution is 7.21. The predicted octanol–water partition coefficient (Wildman–Crippen LogP) is 2.57. The van der Waals surface area contributed by atoms with Gasteiger partial charge in [0.05, 0.1) is 10.3 Å². The minimum absolute atomic E-state index is 0.131. The van der Waals surface area contributed by atoms with Crippen LogP contribution in [0.15, 0.2) is 12.4 Å². The highest BCUT2D eigenvalue weighted by atomic mass is 32.1. The van der Waals surface area contributed by atoms with Crippen LogP contribution in [-0.2, 0) is 0 Å². The number of hydrogen-bond acceptors (Lipinski definition) is 7. The van der Waals surface area contributed by atoms with Crippen LogP contribution in [0, 0.1) is 16.0 Å². The van der Waals surface area contributed by atoms with Gasteiger partial charge in [-0.25, -0.2) is 9.97 Å². The first-order valence-electron chi connectivity index (χ1n) is 8.09. The molecule has 0 aromatic carbocycles. The molecule has 0 bridgehead atoms. The number of anilines is 1. The van der Waals surface area contributed by atoms with E-state index in [2.05, 4.69) is 20.2 Å². The zero-order chi connectivity index (χ0) is 15.8. The van der Waals surface area contributed by atoms with E-state index in [9.17, 15) is 10.1 Å². The Bertz CT molecular complexity index is 720. The second-order valence-corrected chi connectivity index (χ2v) is 7.29. The number of nitro groups is 1. The van der Waals surface area contributed by atoms with Gasteiger partial charge in [0, 0.05) is 25.2 Å². The summed E-state index contributed by atoms with van der Waals surface area (Å²) in [4.78, 5) is 22.2. The van der Waals surface area contributed by atoms with Gasteiger partial charge < -0.3 is 10.2 Å². The fourth-order valence-corrected chi connectivity index (χ4v) is 4.61. The van der Waals surface area contributed by atoms with Crippen LogP contribution in [0.1, 0.15) is 25.7 Å².